The molecule has 2 saturated heterocycles. The van der Waals surface area contributed by atoms with Crippen molar-refractivity contribution >= 4 is 5.78 Å². The average molecular weight is 271 g/mol. The van der Waals surface area contributed by atoms with E-state index < -0.39 is 0 Å². The van der Waals surface area contributed by atoms with E-state index in [2.05, 4.69) is 11.4 Å². The van der Waals surface area contributed by atoms with Gasteiger partial charge in [0.1, 0.15) is 5.75 Å². The summed E-state index contributed by atoms with van der Waals surface area (Å²) in [5.74, 6) is 1.68. The number of benzene rings is 1. The standard InChI is InChI=1S/C17H21NO2/c19-16(10-11-8-13-4-5-14(9-11)18-13)15-3-1-2-12-6-7-20-17(12)15/h1-3,11,13-14,18H,4-10H2. The number of hydrogen-bond acceptors (Lipinski definition) is 3. The number of fused-ring (bicyclic) bond motifs is 3. The van der Waals surface area contributed by atoms with Crippen LogP contribution in [0.3, 0.4) is 0 Å². The van der Waals surface area contributed by atoms with E-state index in [0.717, 1.165) is 37.2 Å². The predicted molar refractivity (Wildman–Crippen MR) is 77.3 cm³/mol. The summed E-state index contributed by atoms with van der Waals surface area (Å²) in [7, 11) is 0. The van der Waals surface area contributed by atoms with Gasteiger partial charge in [-0.15, -0.1) is 0 Å². The Bertz CT molecular complexity index is 528. The fourth-order valence-corrected chi connectivity index (χ4v) is 4.15. The highest BCUT2D eigenvalue weighted by Gasteiger charge is 2.34. The second kappa shape index (κ2) is 4.88. The largest absolute Gasteiger partial charge is 0.492 e. The highest BCUT2D eigenvalue weighted by Crippen LogP contribution is 2.35. The highest BCUT2D eigenvalue weighted by molar-refractivity contribution is 5.99. The first-order valence-corrected chi connectivity index (χ1v) is 7.83. The Kier molecular flexibility index (Phi) is 3.03. The van der Waals surface area contributed by atoms with Gasteiger partial charge in [-0.3, -0.25) is 4.79 Å². The van der Waals surface area contributed by atoms with Crippen LogP contribution < -0.4 is 10.1 Å². The third kappa shape index (κ3) is 2.14. The molecule has 1 N–H and O–H groups in total. The molecular weight excluding hydrogens is 250 g/mol. The van der Waals surface area contributed by atoms with Crippen molar-refractivity contribution in [3.63, 3.8) is 0 Å². The molecule has 20 heavy (non-hydrogen) atoms. The zero-order valence-corrected chi connectivity index (χ0v) is 11.7. The molecule has 0 saturated carbocycles. The third-order valence-electron chi connectivity index (χ3n) is 5.06. The molecule has 3 aliphatic heterocycles. The van der Waals surface area contributed by atoms with Crippen molar-refractivity contribution in [3.8, 4) is 5.75 Å². The number of piperidine rings is 1. The molecule has 3 heteroatoms. The Labute approximate surface area is 119 Å². The summed E-state index contributed by atoms with van der Waals surface area (Å²) in [6, 6.07) is 7.31. The second-order valence-electron chi connectivity index (χ2n) is 6.49. The molecule has 1 aromatic rings. The van der Waals surface area contributed by atoms with E-state index in [1.165, 1.54) is 18.4 Å². The number of carbonyl (C=O) groups is 1. The molecule has 0 amide bonds. The van der Waals surface area contributed by atoms with E-state index in [4.69, 9.17) is 4.74 Å². The maximum Gasteiger partial charge on any atom is 0.166 e. The third-order valence-corrected chi connectivity index (χ3v) is 5.06. The second-order valence-corrected chi connectivity index (χ2v) is 6.49. The van der Waals surface area contributed by atoms with Gasteiger partial charge in [0, 0.05) is 24.9 Å². The van der Waals surface area contributed by atoms with Gasteiger partial charge in [-0.25, -0.2) is 0 Å². The van der Waals surface area contributed by atoms with Crippen LogP contribution in [-0.4, -0.2) is 24.5 Å². The van der Waals surface area contributed by atoms with Gasteiger partial charge >= 0.3 is 0 Å². The van der Waals surface area contributed by atoms with Gasteiger partial charge in [-0.1, -0.05) is 12.1 Å². The van der Waals surface area contributed by atoms with Crippen molar-refractivity contribution in [2.75, 3.05) is 6.61 Å². The first-order valence-electron chi connectivity index (χ1n) is 7.83. The van der Waals surface area contributed by atoms with Gasteiger partial charge < -0.3 is 10.1 Å². The van der Waals surface area contributed by atoms with Crippen LogP contribution in [0.15, 0.2) is 18.2 Å². The lowest BCUT2D eigenvalue weighted by Gasteiger charge is -2.28. The Morgan fingerprint density at radius 3 is 2.85 bits per heavy atom. The monoisotopic (exact) mass is 271 g/mol. The quantitative estimate of drug-likeness (QED) is 0.859. The van der Waals surface area contributed by atoms with Gasteiger partial charge in [-0.05, 0) is 43.2 Å². The first kappa shape index (κ1) is 12.4. The molecule has 2 atom stereocenters. The lowest BCUT2D eigenvalue weighted by molar-refractivity contribution is 0.0942. The normalized spacial score (nSPS) is 30.9. The van der Waals surface area contributed by atoms with Crippen LogP contribution in [0.25, 0.3) is 0 Å². The van der Waals surface area contributed by atoms with E-state index in [-0.39, 0.29) is 5.78 Å². The van der Waals surface area contributed by atoms with Crippen molar-refractivity contribution < 1.29 is 9.53 Å². The molecule has 0 spiro atoms. The fourth-order valence-electron chi connectivity index (χ4n) is 4.15. The van der Waals surface area contributed by atoms with Crippen molar-refractivity contribution in [1.29, 1.82) is 0 Å². The predicted octanol–water partition coefficient (Wildman–Crippen LogP) is 2.72. The number of para-hydroxylation sites is 1. The zero-order chi connectivity index (χ0) is 13.5. The summed E-state index contributed by atoms with van der Waals surface area (Å²) in [4.78, 5) is 12.6. The highest BCUT2D eigenvalue weighted by atomic mass is 16.5. The minimum absolute atomic E-state index is 0.273. The van der Waals surface area contributed by atoms with E-state index in [9.17, 15) is 4.79 Å². The fraction of sp³-hybridized carbons (Fsp3) is 0.588. The van der Waals surface area contributed by atoms with Gasteiger partial charge in [0.15, 0.2) is 5.78 Å². The zero-order valence-electron chi connectivity index (χ0n) is 11.7. The van der Waals surface area contributed by atoms with Crippen molar-refractivity contribution in [3.05, 3.63) is 29.3 Å². The van der Waals surface area contributed by atoms with Crippen LogP contribution in [0.5, 0.6) is 5.75 Å². The first-order chi connectivity index (χ1) is 9.79. The molecule has 106 valence electrons. The summed E-state index contributed by atoms with van der Waals surface area (Å²) in [6.45, 7) is 0.719. The van der Waals surface area contributed by atoms with Crippen molar-refractivity contribution in [2.45, 2.75) is 50.6 Å². The Morgan fingerprint density at radius 1 is 1.25 bits per heavy atom. The molecule has 2 bridgehead atoms. The summed E-state index contributed by atoms with van der Waals surface area (Å²) >= 11 is 0. The van der Waals surface area contributed by atoms with Crippen molar-refractivity contribution in [2.24, 2.45) is 5.92 Å². The minimum Gasteiger partial charge on any atom is -0.492 e. The molecule has 4 rings (SSSR count). The number of hydrogen-bond donors (Lipinski definition) is 1. The Hall–Kier alpha value is -1.35. The van der Waals surface area contributed by atoms with E-state index in [1.807, 2.05) is 12.1 Å². The SMILES string of the molecule is O=C(CC1CC2CCC(C1)N2)c1cccc2c1OCC2. The van der Waals surface area contributed by atoms with Crippen LogP contribution in [0, 0.1) is 5.92 Å². The van der Waals surface area contributed by atoms with Gasteiger partial charge in [-0.2, -0.15) is 0 Å². The summed E-state index contributed by atoms with van der Waals surface area (Å²) in [6.07, 6.45) is 6.54. The van der Waals surface area contributed by atoms with Gasteiger partial charge in [0.05, 0.1) is 12.2 Å². The van der Waals surface area contributed by atoms with E-state index >= 15 is 0 Å². The average Bonchev–Trinajstić information content (AvgIpc) is 3.04. The van der Waals surface area contributed by atoms with E-state index in [0.29, 0.717) is 24.4 Å². The van der Waals surface area contributed by atoms with Crippen LogP contribution in [0.2, 0.25) is 0 Å². The van der Waals surface area contributed by atoms with Crippen LogP contribution >= 0.6 is 0 Å². The molecule has 0 aromatic heterocycles. The maximum atomic E-state index is 12.6. The number of ketones is 1. The van der Waals surface area contributed by atoms with Gasteiger partial charge in [0.25, 0.3) is 0 Å². The molecule has 2 unspecified atom stereocenters. The number of carbonyl (C=O) groups excluding carboxylic acids is 1. The summed E-state index contributed by atoms with van der Waals surface area (Å²) in [5.41, 5.74) is 2.01. The topological polar surface area (TPSA) is 38.3 Å². The minimum atomic E-state index is 0.273. The number of Topliss-reactive ketones (excluding diaryl/α,β-unsaturated/α-hetero) is 1. The lowest BCUT2D eigenvalue weighted by Crippen LogP contribution is -2.38. The van der Waals surface area contributed by atoms with Crippen LogP contribution in [0.1, 0.15) is 48.0 Å². The molecule has 3 heterocycles. The smallest absolute Gasteiger partial charge is 0.166 e. The molecule has 2 fully saturated rings. The Morgan fingerprint density at radius 2 is 2.05 bits per heavy atom. The van der Waals surface area contributed by atoms with Crippen LogP contribution in [0.4, 0.5) is 0 Å². The summed E-state index contributed by atoms with van der Waals surface area (Å²) < 4.78 is 5.66. The van der Waals surface area contributed by atoms with Gasteiger partial charge in [0.2, 0.25) is 0 Å². The lowest BCUT2D eigenvalue weighted by atomic mass is 9.86. The number of ether oxygens (including phenoxy) is 1. The Balaban J connectivity index is 1.49. The maximum absolute atomic E-state index is 12.6. The number of rotatable bonds is 3. The molecular formula is C17H21NO2. The number of nitrogens with one attached hydrogen (secondary N) is 1. The van der Waals surface area contributed by atoms with Crippen molar-refractivity contribution in [1.82, 2.24) is 5.32 Å². The van der Waals surface area contributed by atoms with E-state index in [1.54, 1.807) is 0 Å². The molecule has 1 aromatic carbocycles. The molecule has 0 radical (unpaired) electrons. The molecule has 3 nitrogen and oxygen atoms in total. The molecule has 0 aliphatic carbocycles. The van der Waals surface area contributed by atoms with Crippen LogP contribution in [-0.2, 0) is 6.42 Å². The molecule has 3 aliphatic rings. The summed E-state index contributed by atoms with van der Waals surface area (Å²) in [5, 5.41) is 3.64.